The molecule has 2 heterocycles. The minimum Gasteiger partial charge on any atom is -0.338 e. The number of rotatable bonds is 11. The van der Waals surface area contributed by atoms with Gasteiger partial charge in [0.1, 0.15) is 0 Å². The van der Waals surface area contributed by atoms with Gasteiger partial charge in [0.2, 0.25) is 5.85 Å². The molecule has 6 rings (SSSR count). The second-order valence-corrected chi connectivity index (χ2v) is 11.7. The molecule has 0 bridgehead atoms. The second-order valence-electron chi connectivity index (χ2n) is 11.7. The third-order valence-corrected chi connectivity index (χ3v) is 8.62. The molecule has 0 fully saturated rings. The minimum atomic E-state index is -1.42. The quantitative estimate of drug-likeness (QED) is 0.116. The average Bonchev–Trinajstić information content (AvgIpc) is 3.23. The zero-order valence-electron chi connectivity index (χ0n) is 25.7. The van der Waals surface area contributed by atoms with Crippen LogP contribution < -0.4 is 10.2 Å². The second kappa shape index (κ2) is 13.9. The number of aryl methyl sites for hydroxylation is 1. The Morgan fingerprint density at radius 3 is 1.98 bits per heavy atom. The van der Waals surface area contributed by atoms with Gasteiger partial charge in [0.25, 0.3) is 23.6 Å². The standard InChI is InChI=1S/C38H37N3O5/c42-34(29-17-5-3-6-18-29)39-38(46-27-14-2-1-13-26-40-36(44)31-22-10-11-23-32(31)37(40)45)25-15-21-28-16-9-12-24-33(28)41(38)35(43)30-19-7-4-8-20-30/h3-12,16-20,22-24H,1-2,13-15,21,25-27H2,(H,39,42). The number of imide groups is 1. The molecule has 2 aliphatic heterocycles. The molecule has 0 aliphatic carbocycles. The summed E-state index contributed by atoms with van der Waals surface area (Å²) in [7, 11) is 0. The molecular weight excluding hydrogens is 578 g/mol. The predicted molar refractivity (Wildman–Crippen MR) is 175 cm³/mol. The summed E-state index contributed by atoms with van der Waals surface area (Å²) in [4.78, 5) is 56.4. The monoisotopic (exact) mass is 615 g/mol. The van der Waals surface area contributed by atoms with Gasteiger partial charge in [0, 0.05) is 24.1 Å². The fourth-order valence-corrected chi connectivity index (χ4v) is 6.29. The van der Waals surface area contributed by atoms with E-state index in [-0.39, 0.29) is 23.6 Å². The topological polar surface area (TPSA) is 96.0 Å². The lowest BCUT2D eigenvalue weighted by atomic mass is 10.1. The summed E-state index contributed by atoms with van der Waals surface area (Å²) < 4.78 is 6.67. The van der Waals surface area contributed by atoms with Gasteiger partial charge in [-0.25, -0.2) is 0 Å². The number of anilines is 1. The molecule has 0 saturated carbocycles. The van der Waals surface area contributed by atoms with Gasteiger partial charge < -0.3 is 10.1 Å². The number of amides is 4. The van der Waals surface area contributed by atoms with E-state index in [1.807, 2.05) is 48.5 Å². The maximum Gasteiger partial charge on any atom is 0.262 e. The molecule has 46 heavy (non-hydrogen) atoms. The fourth-order valence-electron chi connectivity index (χ4n) is 6.29. The van der Waals surface area contributed by atoms with E-state index >= 15 is 0 Å². The van der Waals surface area contributed by atoms with Crippen molar-refractivity contribution in [1.82, 2.24) is 10.2 Å². The Hall–Kier alpha value is -5.08. The van der Waals surface area contributed by atoms with Crippen molar-refractivity contribution in [1.29, 1.82) is 0 Å². The lowest BCUT2D eigenvalue weighted by Crippen LogP contribution is -2.64. The molecule has 0 aromatic heterocycles. The minimum absolute atomic E-state index is 0.239. The van der Waals surface area contributed by atoms with Gasteiger partial charge >= 0.3 is 0 Å². The van der Waals surface area contributed by atoms with E-state index in [2.05, 4.69) is 5.32 Å². The number of carbonyl (C=O) groups is 4. The molecule has 8 heteroatoms. The van der Waals surface area contributed by atoms with Crippen molar-refractivity contribution in [3.8, 4) is 0 Å². The number of ether oxygens (including phenoxy) is 1. The van der Waals surface area contributed by atoms with Crippen molar-refractivity contribution in [3.63, 3.8) is 0 Å². The van der Waals surface area contributed by atoms with Gasteiger partial charge in [-0.2, -0.15) is 0 Å². The first-order valence-electron chi connectivity index (χ1n) is 15.9. The summed E-state index contributed by atoms with van der Waals surface area (Å²) in [6.45, 7) is 0.656. The van der Waals surface area contributed by atoms with Crippen molar-refractivity contribution in [2.45, 2.75) is 50.8 Å². The molecule has 8 nitrogen and oxygen atoms in total. The Kier molecular flexibility index (Phi) is 9.36. The van der Waals surface area contributed by atoms with Crippen LogP contribution in [0.15, 0.2) is 109 Å². The molecule has 4 aromatic rings. The largest absolute Gasteiger partial charge is 0.338 e. The van der Waals surface area contributed by atoms with Crippen LogP contribution in [-0.4, -0.2) is 47.5 Å². The lowest BCUT2D eigenvalue weighted by Gasteiger charge is -2.43. The van der Waals surface area contributed by atoms with Crippen LogP contribution in [0.25, 0.3) is 0 Å². The number of hydrogen-bond acceptors (Lipinski definition) is 5. The van der Waals surface area contributed by atoms with Crippen LogP contribution >= 0.6 is 0 Å². The first-order valence-corrected chi connectivity index (χ1v) is 15.9. The van der Waals surface area contributed by atoms with E-state index in [1.165, 1.54) is 4.90 Å². The molecule has 1 unspecified atom stereocenters. The summed E-state index contributed by atoms with van der Waals surface area (Å²) in [5, 5.41) is 3.15. The number of nitrogens with one attached hydrogen (secondary N) is 1. The van der Waals surface area contributed by atoms with Crippen LogP contribution in [0, 0.1) is 0 Å². The van der Waals surface area contributed by atoms with Crippen molar-refractivity contribution in [2.24, 2.45) is 0 Å². The molecule has 4 aromatic carbocycles. The summed E-state index contributed by atoms with van der Waals surface area (Å²) >= 11 is 0. The van der Waals surface area contributed by atoms with Gasteiger partial charge in [0.15, 0.2) is 0 Å². The first-order chi connectivity index (χ1) is 22.5. The Morgan fingerprint density at radius 1 is 0.696 bits per heavy atom. The molecule has 234 valence electrons. The number of benzene rings is 4. The Balaban J connectivity index is 1.18. The van der Waals surface area contributed by atoms with Crippen molar-refractivity contribution in [2.75, 3.05) is 18.1 Å². The summed E-state index contributed by atoms with van der Waals surface area (Å²) in [6.07, 6.45) is 4.75. The number of fused-ring (bicyclic) bond motifs is 2. The van der Waals surface area contributed by atoms with Gasteiger partial charge in [0.05, 0.1) is 23.4 Å². The van der Waals surface area contributed by atoms with Crippen LogP contribution in [0.4, 0.5) is 5.69 Å². The summed E-state index contributed by atoms with van der Waals surface area (Å²) in [6, 6.07) is 32.7. The molecule has 0 radical (unpaired) electrons. The van der Waals surface area contributed by atoms with Crippen LogP contribution in [0.3, 0.4) is 0 Å². The average molecular weight is 616 g/mol. The first kappa shape index (κ1) is 30.9. The highest BCUT2D eigenvalue weighted by Crippen LogP contribution is 2.37. The number of nitrogens with zero attached hydrogens (tertiary/aromatic N) is 2. The molecule has 1 N–H and O–H groups in total. The normalized spacial score (nSPS) is 17.3. The van der Waals surface area contributed by atoms with Gasteiger partial charge in [-0.1, -0.05) is 79.6 Å². The van der Waals surface area contributed by atoms with Crippen molar-refractivity contribution >= 4 is 29.3 Å². The zero-order chi connectivity index (χ0) is 31.9. The predicted octanol–water partition coefficient (Wildman–Crippen LogP) is 6.63. The third kappa shape index (κ3) is 6.34. The van der Waals surface area contributed by atoms with Crippen LogP contribution in [0.1, 0.15) is 85.5 Å². The van der Waals surface area contributed by atoms with Gasteiger partial charge in [-0.15, -0.1) is 0 Å². The van der Waals surface area contributed by atoms with Gasteiger partial charge in [-0.05, 0) is 73.7 Å². The Morgan fingerprint density at radius 2 is 1.28 bits per heavy atom. The fraction of sp³-hybridized carbons (Fsp3) is 0.263. The smallest absolute Gasteiger partial charge is 0.262 e. The molecule has 0 saturated heterocycles. The molecule has 1 atom stereocenters. The van der Waals surface area contributed by atoms with E-state index < -0.39 is 5.85 Å². The van der Waals surface area contributed by atoms with E-state index in [4.69, 9.17) is 4.74 Å². The van der Waals surface area contributed by atoms with E-state index in [0.29, 0.717) is 66.8 Å². The van der Waals surface area contributed by atoms with Gasteiger partial charge in [-0.3, -0.25) is 29.0 Å². The molecular formula is C38H37N3O5. The van der Waals surface area contributed by atoms with Crippen LogP contribution in [-0.2, 0) is 11.2 Å². The highest BCUT2D eigenvalue weighted by molar-refractivity contribution is 6.21. The summed E-state index contributed by atoms with van der Waals surface area (Å²) in [5.41, 5.74) is 3.62. The highest BCUT2D eigenvalue weighted by Gasteiger charge is 2.46. The number of unbranched alkanes of at least 4 members (excludes halogenated alkanes) is 3. The Labute approximate surface area is 269 Å². The SMILES string of the molecule is O=C(NC1(OCCCCCCN2C(=O)c3ccccc3C2=O)CCCc2ccccc2N1C(=O)c1ccccc1)c1ccccc1. The highest BCUT2D eigenvalue weighted by atomic mass is 16.5. The molecule has 4 amide bonds. The molecule has 0 spiro atoms. The maximum atomic E-state index is 14.3. The van der Waals surface area contributed by atoms with Crippen molar-refractivity contribution in [3.05, 3.63) is 137 Å². The number of carbonyl (C=O) groups excluding carboxylic acids is 4. The van der Waals surface area contributed by atoms with E-state index in [0.717, 1.165) is 24.8 Å². The van der Waals surface area contributed by atoms with Crippen LogP contribution in [0.5, 0.6) is 0 Å². The van der Waals surface area contributed by atoms with E-state index in [1.54, 1.807) is 65.6 Å². The molecule has 2 aliphatic rings. The zero-order valence-corrected chi connectivity index (χ0v) is 25.7. The third-order valence-electron chi connectivity index (χ3n) is 8.62. The number of para-hydroxylation sites is 1. The lowest BCUT2D eigenvalue weighted by molar-refractivity contribution is -0.0685. The van der Waals surface area contributed by atoms with Crippen molar-refractivity contribution < 1.29 is 23.9 Å². The number of hydrogen-bond donors (Lipinski definition) is 1. The van der Waals surface area contributed by atoms with E-state index in [9.17, 15) is 19.2 Å². The maximum absolute atomic E-state index is 14.3. The Bertz CT molecular complexity index is 1690. The van der Waals surface area contributed by atoms with Crippen LogP contribution in [0.2, 0.25) is 0 Å². The summed E-state index contributed by atoms with van der Waals surface area (Å²) in [5.74, 6) is -2.49.